The molecule has 2 aliphatic carbocycles. The Morgan fingerprint density at radius 2 is 1.52 bits per heavy atom. The van der Waals surface area contributed by atoms with Crippen molar-refractivity contribution in [2.24, 2.45) is 17.8 Å². The Labute approximate surface area is 147 Å². The number of ether oxygens (including phenoxy) is 1. The largest absolute Gasteiger partial charge is 0.427 e. The van der Waals surface area contributed by atoms with Gasteiger partial charge in [0.15, 0.2) is 11.7 Å². The molecular weight excluding hydrogens is 329 g/mol. The lowest BCUT2D eigenvalue weighted by Gasteiger charge is -2.35. The molecule has 0 atom stereocenters. The van der Waals surface area contributed by atoms with E-state index in [9.17, 15) is 18.0 Å². The normalized spacial score (nSPS) is 26.8. The first-order valence-electron chi connectivity index (χ1n) is 9.18. The summed E-state index contributed by atoms with van der Waals surface area (Å²) in [6.45, 7) is 4.20. The number of esters is 1. The molecule has 0 heterocycles. The monoisotopic (exact) mass is 356 g/mol. The molecule has 2 saturated carbocycles. The molecule has 0 radical (unpaired) electrons. The van der Waals surface area contributed by atoms with Gasteiger partial charge in [0.25, 0.3) is 0 Å². The first kappa shape index (κ1) is 19.8. The van der Waals surface area contributed by atoms with Crippen LogP contribution >= 0.6 is 0 Å². The van der Waals surface area contributed by atoms with Crippen LogP contribution in [-0.4, -0.2) is 5.97 Å². The van der Waals surface area contributed by atoms with E-state index in [1.807, 2.05) is 0 Å². The molecule has 0 aliphatic heterocycles. The van der Waals surface area contributed by atoms with Crippen LogP contribution in [0.4, 0.5) is 13.2 Å². The number of rotatable bonds is 5. The number of carbonyl (C=O) groups excluding carboxylic acids is 1. The van der Waals surface area contributed by atoms with Crippen molar-refractivity contribution in [2.75, 3.05) is 0 Å². The van der Waals surface area contributed by atoms with E-state index in [1.165, 1.54) is 32.1 Å². The van der Waals surface area contributed by atoms with Crippen LogP contribution in [0.25, 0.3) is 0 Å². The Hall–Kier alpha value is -1.52. The number of allylic oxidation sites excluding steroid dienone is 4. The zero-order chi connectivity index (χ0) is 18.4. The molecule has 2 aliphatic rings. The average molecular weight is 356 g/mol. The lowest BCUT2D eigenvalue weighted by Crippen LogP contribution is -2.27. The Kier molecular flexibility index (Phi) is 7.33. The van der Waals surface area contributed by atoms with E-state index in [2.05, 4.69) is 6.58 Å². The van der Waals surface area contributed by atoms with E-state index >= 15 is 0 Å². The van der Waals surface area contributed by atoms with Crippen LogP contribution in [0.5, 0.6) is 0 Å². The molecule has 5 heteroatoms. The van der Waals surface area contributed by atoms with Crippen molar-refractivity contribution in [3.05, 3.63) is 35.9 Å². The van der Waals surface area contributed by atoms with Gasteiger partial charge in [-0.1, -0.05) is 38.7 Å². The van der Waals surface area contributed by atoms with Crippen LogP contribution in [0.15, 0.2) is 35.9 Å². The molecule has 25 heavy (non-hydrogen) atoms. The topological polar surface area (TPSA) is 26.3 Å². The third kappa shape index (κ3) is 5.75. The Balaban J connectivity index is 1.81. The number of carbonyl (C=O) groups is 1. The van der Waals surface area contributed by atoms with Gasteiger partial charge in [-0.05, 0) is 44.4 Å². The van der Waals surface area contributed by atoms with Crippen molar-refractivity contribution >= 4 is 5.97 Å². The van der Waals surface area contributed by atoms with E-state index in [0.717, 1.165) is 38.5 Å². The molecule has 0 bridgehead atoms. The molecule has 0 aromatic rings. The second kappa shape index (κ2) is 9.25. The fraction of sp³-hybridized carbons (Fsp3) is 0.650. The summed E-state index contributed by atoms with van der Waals surface area (Å²) in [5.41, 5.74) is 0. The highest BCUT2D eigenvalue weighted by Crippen LogP contribution is 2.40. The van der Waals surface area contributed by atoms with E-state index in [1.54, 1.807) is 0 Å². The SMILES string of the molecule is C=C(/C=C(F)\C(F)=C(/C)F)OC(=O)C1CCC(C2CCCCC2)CC1. The zero-order valence-corrected chi connectivity index (χ0v) is 14.8. The van der Waals surface area contributed by atoms with Crippen LogP contribution < -0.4 is 0 Å². The second-order valence-electron chi connectivity index (χ2n) is 7.24. The smallest absolute Gasteiger partial charge is 0.314 e. The van der Waals surface area contributed by atoms with Crippen molar-refractivity contribution in [2.45, 2.75) is 64.7 Å². The fourth-order valence-electron chi connectivity index (χ4n) is 4.04. The summed E-state index contributed by atoms with van der Waals surface area (Å²) in [5, 5.41) is 0. The minimum Gasteiger partial charge on any atom is -0.427 e. The van der Waals surface area contributed by atoms with Gasteiger partial charge in [0, 0.05) is 6.08 Å². The summed E-state index contributed by atoms with van der Waals surface area (Å²) in [4.78, 5) is 12.2. The van der Waals surface area contributed by atoms with Crippen molar-refractivity contribution < 1.29 is 22.7 Å². The quantitative estimate of drug-likeness (QED) is 0.321. The van der Waals surface area contributed by atoms with Crippen LogP contribution in [0.2, 0.25) is 0 Å². The molecule has 0 unspecified atom stereocenters. The lowest BCUT2D eigenvalue weighted by atomic mass is 9.71. The molecule has 2 fully saturated rings. The summed E-state index contributed by atoms with van der Waals surface area (Å²) in [6.07, 6.45) is 10.7. The van der Waals surface area contributed by atoms with E-state index in [4.69, 9.17) is 4.74 Å². The highest BCUT2D eigenvalue weighted by atomic mass is 19.2. The predicted molar refractivity (Wildman–Crippen MR) is 91.4 cm³/mol. The molecule has 140 valence electrons. The van der Waals surface area contributed by atoms with Gasteiger partial charge in [0.05, 0.1) is 5.92 Å². The maximum absolute atomic E-state index is 13.4. The summed E-state index contributed by atoms with van der Waals surface area (Å²) >= 11 is 0. The van der Waals surface area contributed by atoms with Gasteiger partial charge in [0.2, 0.25) is 0 Å². The summed E-state index contributed by atoms with van der Waals surface area (Å²) in [7, 11) is 0. The van der Waals surface area contributed by atoms with Gasteiger partial charge in [-0.25, -0.2) is 13.2 Å². The molecular formula is C20H27F3O2. The molecule has 2 nitrogen and oxygen atoms in total. The number of hydrogen-bond donors (Lipinski definition) is 0. The molecule has 0 aromatic heterocycles. The third-order valence-corrected chi connectivity index (χ3v) is 5.45. The zero-order valence-electron chi connectivity index (χ0n) is 14.8. The first-order valence-corrected chi connectivity index (χ1v) is 9.18. The van der Waals surface area contributed by atoms with Crippen LogP contribution in [0, 0.1) is 17.8 Å². The highest BCUT2D eigenvalue weighted by molar-refractivity contribution is 5.74. The summed E-state index contributed by atoms with van der Waals surface area (Å²) < 4.78 is 44.1. The third-order valence-electron chi connectivity index (χ3n) is 5.45. The highest BCUT2D eigenvalue weighted by Gasteiger charge is 2.32. The maximum atomic E-state index is 13.4. The van der Waals surface area contributed by atoms with Crippen molar-refractivity contribution in [1.82, 2.24) is 0 Å². The summed E-state index contributed by atoms with van der Waals surface area (Å²) in [6, 6.07) is 0. The Bertz CT molecular complexity index is 547. The number of hydrogen-bond acceptors (Lipinski definition) is 2. The Morgan fingerprint density at radius 3 is 2.08 bits per heavy atom. The summed E-state index contributed by atoms with van der Waals surface area (Å²) in [5.74, 6) is -3.83. The van der Waals surface area contributed by atoms with Gasteiger partial charge in [-0.15, -0.1) is 0 Å². The van der Waals surface area contributed by atoms with Gasteiger partial charge < -0.3 is 4.74 Å². The lowest BCUT2D eigenvalue weighted by molar-refractivity contribution is -0.145. The molecule has 0 N–H and O–H groups in total. The van der Waals surface area contributed by atoms with Crippen LogP contribution in [-0.2, 0) is 9.53 Å². The van der Waals surface area contributed by atoms with Gasteiger partial charge in [-0.2, -0.15) is 0 Å². The standard InChI is InChI=1S/C20H27F3O2/c1-13(12-18(22)19(23)14(2)21)25-20(24)17-10-8-16(9-11-17)15-6-4-3-5-7-15/h12,15-17H,1,3-11H2,2H3/b18-12+,19-14-. The van der Waals surface area contributed by atoms with Crippen molar-refractivity contribution in [3.63, 3.8) is 0 Å². The minimum absolute atomic E-state index is 0.226. The first-order chi connectivity index (χ1) is 11.9. The van der Waals surface area contributed by atoms with Gasteiger partial charge in [0.1, 0.15) is 11.6 Å². The van der Waals surface area contributed by atoms with E-state index in [-0.39, 0.29) is 11.7 Å². The predicted octanol–water partition coefficient (Wildman–Crippen LogP) is 6.45. The van der Waals surface area contributed by atoms with Crippen LogP contribution in [0.1, 0.15) is 64.7 Å². The van der Waals surface area contributed by atoms with Crippen molar-refractivity contribution in [3.8, 4) is 0 Å². The molecule has 0 amide bonds. The fourth-order valence-corrected chi connectivity index (χ4v) is 4.04. The minimum atomic E-state index is -1.61. The maximum Gasteiger partial charge on any atom is 0.314 e. The molecule has 0 aromatic carbocycles. The van der Waals surface area contributed by atoms with Gasteiger partial charge in [-0.3, -0.25) is 4.79 Å². The second-order valence-corrected chi connectivity index (χ2v) is 7.24. The van der Waals surface area contributed by atoms with Gasteiger partial charge >= 0.3 is 5.97 Å². The number of halogens is 3. The molecule has 2 rings (SSSR count). The molecule has 0 spiro atoms. The van der Waals surface area contributed by atoms with Crippen molar-refractivity contribution in [1.29, 1.82) is 0 Å². The van der Waals surface area contributed by atoms with E-state index in [0.29, 0.717) is 12.0 Å². The molecule has 0 saturated heterocycles. The van der Waals surface area contributed by atoms with E-state index < -0.39 is 23.4 Å². The average Bonchev–Trinajstić information content (AvgIpc) is 2.61. The Morgan fingerprint density at radius 1 is 0.960 bits per heavy atom. The van der Waals surface area contributed by atoms with Crippen LogP contribution in [0.3, 0.4) is 0 Å².